The summed E-state index contributed by atoms with van der Waals surface area (Å²) in [4.78, 5) is 12.5. The largest absolute Gasteiger partial charge is 0.493 e. The van der Waals surface area contributed by atoms with Crippen LogP contribution in [0.25, 0.3) is 33.1 Å². The molecule has 2 aromatic heterocycles. The molecular weight excluding hydrogens is 404 g/mol. The quantitative estimate of drug-likeness (QED) is 0.371. The van der Waals surface area contributed by atoms with Crippen LogP contribution in [0.2, 0.25) is 0 Å². The van der Waals surface area contributed by atoms with E-state index in [-0.39, 0.29) is 0 Å². The van der Waals surface area contributed by atoms with Gasteiger partial charge in [0.25, 0.3) is 0 Å². The van der Waals surface area contributed by atoms with Crippen LogP contribution in [0.5, 0.6) is 17.2 Å². The Kier molecular flexibility index (Phi) is 4.99. The highest BCUT2D eigenvalue weighted by Gasteiger charge is 2.14. The van der Waals surface area contributed by atoms with Gasteiger partial charge in [-0.1, -0.05) is 24.3 Å². The highest BCUT2D eigenvalue weighted by atomic mass is 16.5. The topological polar surface area (TPSA) is 81.3 Å². The molecule has 0 aliphatic rings. The number of para-hydroxylation sites is 1. The zero-order chi connectivity index (χ0) is 22.1. The third-order valence-electron chi connectivity index (χ3n) is 5.38. The van der Waals surface area contributed by atoms with Crippen LogP contribution in [-0.2, 0) is 0 Å². The van der Waals surface area contributed by atoms with Crippen LogP contribution < -0.4 is 19.5 Å². The van der Waals surface area contributed by atoms with Gasteiger partial charge in [-0.15, -0.1) is 0 Å². The van der Waals surface area contributed by atoms with Crippen molar-refractivity contribution in [3.63, 3.8) is 0 Å². The average molecular weight is 426 g/mol. The molecule has 2 heterocycles. The second kappa shape index (κ2) is 8.11. The molecule has 0 bridgehead atoms. The third kappa shape index (κ3) is 3.43. The van der Waals surface area contributed by atoms with Gasteiger partial charge in [-0.3, -0.25) is 0 Å². The lowest BCUT2D eigenvalue weighted by atomic mass is 10.1. The molecule has 5 aromatic rings. The van der Waals surface area contributed by atoms with Crippen LogP contribution in [0, 0.1) is 0 Å². The minimum absolute atomic E-state index is 0.468. The zero-order valence-corrected chi connectivity index (χ0v) is 18.0. The summed E-state index contributed by atoms with van der Waals surface area (Å²) in [6.07, 6.45) is 1.74. The molecule has 7 heteroatoms. The van der Waals surface area contributed by atoms with E-state index in [4.69, 9.17) is 19.2 Å². The van der Waals surface area contributed by atoms with Gasteiger partial charge in [0.1, 0.15) is 0 Å². The fourth-order valence-electron chi connectivity index (χ4n) is 3.87. The highest BCUT2D eigenvalue weighted by Crippen LogP contribution is 2.40. The molecule has 5 rings (SSSR count). The summed E-state index contributed by atoms with van der Waals surface area (Å²) in [6, 6.07) is 20.1. The molecule has 7 nitrogen and oxygen atoms in total. The van der Waals surface area contributed by atoms with E-state index >= 15 is 0 Å². The zero-order valence-electron chi connectivity index (χ0n) is 18.0. The van der Waals surface area contributed by atoms with E-state index in [0.717, 1.165) is 33.4 Å². The van der Waals surface area contributed by atoms with Crippen LogP contribution in [0.1, 0.15) is 0 Å². The van der Waals surface area contributed by atoms with Crippen LogP contribution in [0.4, 0.5) is 11.6 Å². The number of benzene rings is 3. The second-order valence-corrected chi connectivity index (χ2v) is 7.24. The van der Waals surface area contributed by atoms with Crippen molar-refractivity contribution in [1.29, 1.82) is 0 Å². The molecule has 0 amide bonds. The van der Waals surface area contributed by atoms with E-state index in [1.807, 2.05) is 30.3 Å². The third-order valence-corrected chi connectivity index (χ3v) is 5.38. The van der Waals surface area contributed by atoms with Gasteiger partial charge in [-0.05, 0) is 24.3 Å². The number of methoxy groups -OCH3 is 3. The first kappa shape index (κ1) is 19.7. The average Bonchev–Trinajstić information content (AvgIpc) is 3.21. The van der Waals surface area contributed by atoms with E-state index in [9.17, 15) is 0 Å². The standard InChI is InChI=1S/C25H22N4O3/c1-30-22-13-16(14-23(31-2)24(22)32-3)27-25-26-11-10-19(29-25)15-8-9-21-18(12-15)17-6-4-5-7-20(17)28-21/h4-14,28H,1-3H3,(H,26,27,29). The molecule has 2 N–H and O–H groups in total. The fourth-order valence-corrected chi connectivity index (χ4v) is 3.87. The lowest BCUT2D eigenvalue weighted by Crippen LogP contribution is -2.00. The summed E-state index contributed by atoms with van der Waals surface area (Å²) in [5.74, 6) is 2.10. The van der Waals surface area contributed by atoms with Crippen molar-refractivity contribution in [3.8, 4) is 28.5 Å². The molecule has 0 fully saturated rings. The van der Waals surface area contributed by atoms with Crippen molar-refractivity contribution in [2.75, 3.05) is 26.6 Å². The van der Waals surface area contributed by atoms with Gasteiger partial charge >= 0.3 is 0 Å². The Balaban J connectivity index is 1.51. The SMILES string of the molecule is COc1cc(Nc2nccc(-c3ccc4[nH]c5ccccc5c4c3)n2)cc(OC)c1OC. The van der Waals surface area contributed by atoms with Crippen molar-refractivity contribution in [2.24, 2.45) is 0 Å². The van der Waals surface area contributed by atoms with Gasteiger partial charge < -0.3 is 24.5 Å². The van der Waals surface area contributed by atoms with Crippen molar-refractivity contribution >= 4 is 33.4 Å². The van der Waals surface area contributed by atoms with Gasteiger partial charge in [0.05, 0.1) is 27.0 Å². The number of H-pyrrole nitrogens is 1. The van der Waals surface area contributed by atoms with Crippen molar-refractivity contribution in [3.05, 3.63) is 66.9 Å². The smallest absolute Gasteiger partial charge is 0.227 e. The summed E-state index contributed by atoms with van der Waals surface area (Å²) in [6.45, 7) is 0. The van der Waals surface area contributed by atoms with E-state index in [2.05, 4.69) is 45.6 Å². The lowest BCUT2D eigenvalue weighted by molar-refractivity contribution is 0.324. The maximum absolute atomic E-state index is 5.43. The van der Waals surface area contributed by atoms with Crippen LogP contribution in [0.15, 0.2) is 66.9 Å². The first-order valence-electron chi connectivity index (χ1n) is 10.1. The summed E-state index contributed by atoms with van der Waals surface area (Å²) >= 11 is 0. The summed E-state index contributed by atoms with van der Waals surface area (Å²) in [7, 11) is 4.74. The maximum Gasteiger partial charge on any atom is 0.227 e. The van der Waals surface area contributed by atoms with E-state index < -0.39 is 0 Å². The maximum atomic E-state index is 5.43. The Morgan fingerprint density at radius 1 is 0.781 bits per heavy atom. The fraction of sp³-hybridized carbons (Fsp3) is 0.120. The Hall–Kier alpha value is -4.26. The minimum Gasteiger partial charge on any atom is -0.493 e. The van der Waals surface area contributed by atoms with Gasteiger partial charge in [0.15, 0.2) is 11.5 Å². The summed E-state index contributed by atoms with van der Waals surface area (Å²) < 4.78 is 16.2. The molecule has 0 spiro atoms. The molecule has 0 aliphatic heterocycles. The number of aromatic nitrogens is 3. The minimum atomic E-state index is 0.468. The molecule has 32 heavy (non-hydrogen) atoms. The lowest BCUT2D eigenvalue weighted by Gasteiger charge is -2.14. The predicted molar refractivity (Wildman–Crippen MR) is 126 cm³/mol. The van der Waals surface area contributed by atoms with Gasteiger partial charge in [0, 0.05) is 51.4 Å². The molecule has 0 aliphatic carbocycles. The molecule has 0 saturated carbocycles. The first-order chi connectivity index (χ1) is 15.7. The monoisotopic (exact) mass is 426 g/mol. The van der Waals surface area contributed by atoms with E-state index in [1.165, 1.54) is 5.39 Å². The Morgan fingerprint density at radius 2 is 1.53 bits per heavy atom. The van der Waals surface area contributed by atoms with Crippen LogP contribution >= 0.6 is 0 Å². The Morgan fingerprint density at radius 3 is 2.28 bits per heavy atom. The van der Waals surface area contributed by atoms with Gasteiger partial charge in [-0.2, -0.15) is 0 Å². The van der Waals surface area contributed by atoms with Gasteiger partial charge in [0.2, 0.25) is 11.7 Å². The molecule has 160 valence electrons. The number of aromatic amines is 1. The summed E-state index contributed by atoms with van der Waals surface area (Å²) in [5.41, 5.74) is 4.77. The normalized spacial score (nSPS) is 11.0. The number of anilines is 2. The number of nitrogens with zero attached hydrogens (tertiary/aromatic N) is 2. The van der Waals surface area contributed by atoms with Crippen molar-refractivity contribution in [1.82, 2.24) is 15.0 Å². The van der Waals surface area contributed by atoms with Crippen molar-refractivity contribution in [2.45, 2.75) is 0 Å². The molecular formula is C25H22N4O3. The number of hydrogen-bond acceptors (Lipinski definition) is 6. The van der Waals surface area contributed by atoms with Crippen LogP contribution in [-0.4, -0.2) is 36.3 Å². The predicted octanol–water partition coefficient (Wildman–Crippen LogP) is 5.55. The van der Waals surface area contributed by atoms with E-state index in [0.29, 0.717) is 23.2 Å². The number of nitrogens with one attached hydrogen (secondary N) is 2. The van der Waals surface area contributed by atoms with Crippen molar-refractivity contribution < 1.29 is 14.2 Å². The first-order valence-corrected chi connectivity index (χ1v) is 10.1. The summed E-state index contributed by atoms with van der Waals surface area (Å²) in [5, 5.41) is 5.58. The second-order valence-electron chi connectivity index (χ2n) is 7.24. The Labute approximate surface area is 185 Å². The molecule has 0 radical (unpaired) electrons. The highest BCUT2D eigenvalue weighted by molar-refractivity contribution is 6.08. The number of rotatable bonds is 6. The molecule has 0 unspecified atom stereocenters. The molecule has 0 saturated heterocycles. The molecule has 3 aromatic carbocycles. The van der Waals surface area contributed by atoms with E-state index in [1.54, 1.807) is 27.5 Å². The number of hydrogen-bond donors (Lipinski definition) is 2. The number of fused-ring (bicyclic) bond motifs is 3. The van der Waals surface area contributed by atoms with Gasteiger partial charge in [-0.25, -0.2) is 9.97 Å². The van der Waals surface area contributed by atoms with Crippen LogP contribution in [0.3, 0.4) is 0 Å². The Bertz CT molecular complexity index is 1400. The number of ether oxygens (including phenoxy) is 3. The molecule has 0 atom stereocenters.